The van der Waals surface area contributed by atoms with Crippen LogP contribution in [0.15, 0.2) is 51.3 Å². The summed E-state index contributed by atoms with van der Waals surface area (Å²) in [5, 5.41) is 2.46. The molecule has 0 atom stereocenters. The quantitative estimate of drug-likeness (QED) is 0.653. The number of amides is 1. The second-order valence-corrected chi connectivity index (χ2v) is 4.14. The number of esters is 1. The van der Waals surface area contributed by atoms with E-state index in [2.05, 4.69) is 5.32 Å². The van der Waals surface area contributed by atoms with E-state index in [0.717, 1.165) is 0 Å². The Morgan fingerprint density at radius 1 is 1.24 bits per heavy atom. The average molecular weight is 289 g/mol. The molecule has 0 bridgehead atoms. The minimum absolute atomic E-state index is 0.0141. The molecule has 21 heavy (non-hydrogen) atoms. The molecule has 6 nitrogen and oxygen atoms in total. The van der Waals surface area contributed by atoms with Crippen LogP contribution in [-0.4, -0.2) is 18.5 Å². The van der Waals surface area contributed by atoms with Gasteiger partial charge in [-0.25, -0.2) is 4.79 Å². The Morgan fingerprint density at radius 2 is 2.00 bits per heavy atom. The van der Waals surface area contributed by atoms with Gasteiger partial charge >= 0.3 is 5.97 Å². The molecule has 1 amide bonds. The molecule has 6 heteroatoms. The monoisotopic (exact) mass is 289 g/mol. The summed E-state index contributed by atoms with van der Waals surface area (Å²) < 4.78 is 15.1. The van der Waals surface area contributed by atoms with Crippen LogP contribution in [0.25, 0.3) is 6.08 Å². The van der Waals surface area contributed by atoms with Gasteiger partial charge in [-0.05, 0) is 30.7 Å². The van der Waals surface area contributed by atoms with Crippen molar-refractivity contribution in [2.75, 3.05) is 6.61 Å². The van der Waals surface area contributed by atoms with Gasteiger partial charge in [-0.3, -0.25) is 4.79 Å². The van der Waals surface area contributed by atoms with Crippen LogP contribution in [0.3, 0.4) is 0 Å². The fourth-order valence-electron chi connectivity index (χ4n) is 1.53. The van der Waals surface area contributed by atoms with E-state index in [-0.39, 0.29) is 18.1 Å². The predicted molar refractivity (Wildman–Crippen MR) is 74.1 cm³/mol. The van der Waals surface area contributed by atoms with Crippen molar-refractivity contribution in [3.8, 4) is 0 Å². The Balaban J connectivity index is 2.15. The van der Waals surface area contributed by atoms with Crippen LogP contribution in [0.4, 0.5) is 0 Å². The molecule has 0 aliphatic heterocycles. The molecular formula is C15H15NO5. The van der Waals surface area contributed by atoms with Gasteiger partial charge in [0.15, 0.2) is 5.76 Å². The van der Waals surface area contributed by atoms with Gasteiger partial charge in [0, 0.05) is 6.08 Å². The van der Waals surface area contributed by atoms with E-state index in [4.69, 9.17) is 13.6 Å². The highest BCUT2D eigenvalue weighted by molar-refractivity contribution is 6.01. The third-order valence-electron chi connectivity index (χ3n) is 2.48. The van der Waals surface area contributed by atoms with E-state index in [0.29, 0.717) is 12.2 Å². The SMILES string of the molecule is CCCOC(=O)/C(=C\c1ccco1)NC(=O)c1ccco1. The van der Waals surface area contributed by atoms with E-state index < -0.39 is 11.9 Å². The Bertz CT molecular complexity index is 611. The first-order valence-electron chi connectivity index (χ1n) is 6.48. The fourth-order valence-corrected chi connectivity index (χ4v) is 1.53. The second-order valence-electron chi connectivity index (χ2n) is 4.14. The van der Waals surface area contributed by atoms with Crippen molar-refractivity contribution in [2.24, 2.45) is 0 Å². The van der Waals surface area contributed by atoms with E-state index >= 15 is 0 Å². The molecule has 0 radical (unpaired) electrons. The number of hydrogen-bond acceptors (Lipinski definition) is 5. The highest BCUT2D eigenvalue weighted by atomic mass is 16.5. The zero-order chi connectivity index (χ0) is 15.1. The third-order valence-corrected chi connectivity index (χ3v) is 2.48. The summed E-state index contributed by atoms with van der Waals surface area (Å²) in [7, 11) is 0. The molecule has 2 aromatic heterocycles. The first-order chi connectivity index (χ1) is 10.2. The van der Waals surface area contributed by atoms with Crippen molar-refractivity contribution >= 4 is 18.0 Å². The Hall–Kier alpha value is -2.76. The summed E-state index contributed by atoms with van der Waals surface area (Å²) in [6, 6.07) is 6.42. The zero-order valence-electron chi connectivity index (χ0n) is 11.5. The number of hydrogen-bond donors (Lipinski definition) is 1. The molecule has 2 aromatic rings. The van der Waals surface area contributed by atoms with Gasteiger partial charge < -0.3 is 18.9 Å². The smallest absolute Gasteiger partial charge is 0.354 e. The normalized spacial score (nSPS) is 11.2. The maximum absolute atomic E-state index is 12.0. The van der Waals surface area contributed by atoms with Crippen LogP contribution < -0.4 is 5.32 Å². The first-order valence-corrected chi connectivity index (χ1v) is 6.48. The molecule has 0 aliphatic rings. The molecule has 0 saturated carbocycles. The van der Waals surface area contributed by atoms with Crippen molar-refractivity contribution in [1.29, 1.82) is 0 Å². The van der Waals surface area contributed by atoms with Crippen molar-refractivity contribution in [3.05, 3.63) is 54.0 Å². The van der Waals surface area contributed by atoms with Crippen LogP contribution in [0.2, 0.25) is 0 Å². The Kier molecular flexibility index (Phi) is 4.98. The molecule has 0 aliphatic carbocycles. The lowest BCUT2D eigenvalue weighted by Gasteiger charge is -2.08. The van der Waals surface area contributed by atoms with Crippen LogP contribution >= 0.6 is 0 Å². The van der Waals surface area contributed by atoms with E-state index in [1.165, 1.54) is 24.7 Å². The molecule has 110 valence electrons. The number of rotatable bonds is 6. The van der Waals surface area contributed by atoms with Gasteiger partial charge in [0.2, 0.25) is 0 Å². The lowest BCUT2D eigenvalue weighted by molar-refractivity contribution is -0.139. The van der Waals surface area contributed by atoms with Crippen LogP contribution in [0.5, 0.6) is 0 Å². The molecule has 2 rings (SSSR count). The zero-order valence-corrected chi connectivity index (χ0v) is 11.5. The van der Waals surface area contributed by atoms with Gasteiger partial charge in [-0.2, -0.15) is 0 Å². The fraction of sp³-hybridized carbons (Fsp3) is 0.200. The van der Waals surface area contributed by atoms with Crippen molar-refractivity contribution in [2.45, 2.75) is 13.3 Å². The van der Waals surface area contributed by atoms with Gasteiger partial charge in [0.05, 0.1) is 19.1 Å². The molecule has 0 saturated heterocycles. The Labute approximate surface area is 121 Å². The first kappa shape index (κ1) is 14.6. The van der Waals surface area contributed by atoms with Crippen LogP contribution in [0.1, 0.15) is 29.7 Å². The van der Waals surface area contributed by atoms with Gasteiger partial charge in [0.1, 0.15) is 11.5 Å². The summed E-state index contributed by atoms with van der Waals surface area (Å²) in [6.07, 6.45) is 4.93. The summed E-state index contributed by atoms with van der Waals surface area (Å²) in [4.78, 5) is 23.9. The highest BCUT2D eigenvalue weighted by Crippen LogP contribution is 2.09. The maximum atomic E-state index is 12.0. The molecule has 2 heterocycles. The number of carbonyl (C=O) groups is 2. The minimum Gasteiger partial charge on any atom is -0.465 e. The van der Waals surface area contributed by atoms with Crippen molar-refractivity contribution in [3.63, 3.8) is 0 Å². The lowest BCUT2D eigenvalue weighted by Crippen LogP contribution is -2.28. The largest absolute Gasteiger partial charge is 0.465 e. The maximum Gasteiger partial charge on any atom is 0.354 e. The van der Waals surface area contributed by atoms with Crippen LogP contribution in [0, 0.1) is 0 Å². The molecule has 0 spiro atoms. The molecular weight excluding hydrogens is 274 g/mol. The molecule has 1 N–H and O–H groups in total. The lowest BCUT2D eigenvalue weighted by atomic mass is 10.3. The van der Waals surface area contributed by atoms with Crippen molar-refractivity contribution < 1.29 is 23.2 Å². The number of furan rings is 2. The van der Waals surface area contributed by atoms with E-state index in [1.54, 1.807) is 18.2 Å². The summed E-state index contributed by atoms with van der Waals surface area (Å²) in [5.74, 6) is -0.638. The molecule has 0 fully saturated rings. The summed E-state index contributed by atoms with van der Waals surface area (Å²) in [6.45, 7) is 2.15. The topological polar surface area (TPSA) is 81.7 Å². The van der Waals surface area contributed by atoms with E-state index in [9.17, 15) is 9.59 Å². The minimum atomic E-state index is -0.631. The number of carbonyl (C=O) groups excluding carboxylic acids is 2. The van der Waals surface area contributed by atoms with E-state index in [1.807, 2.05) is 6.92 Å². The highest BCUT2D eigenvalue weighted by Gasteiger charge is 2.17. The Morgan fingerprint density at radius 3 is 2.62 bits per heavy atom. The third kappa shape index (κ3) is 4.10. The average Bonchev–Trinajstić information content (AvgIpc) is 3.16. The molecule has 0 unspecified atom stereocenters. The van der Waals surface area contributed by atoms with Gasteiger partial charge in [-0.1, -0.05) is 6.92 Å². The second kappa shape index (κ2) is 7.14. The summed E-state index contributed by atoms with van der Waals surface area (Å²) >= 11 is 0. The molecule has 0 aromatic carbocycles. The van der Waals surface area contributed by atoms with Gasteiger partial charge in [0.25, 0.3) is 5.91 Å². The number of nitrogens with one attached hydrogen (secondary N) is 1. The standard InChI is InChI=1S/C15H15NO5/c1-2-7-21-15(18)12(10-11-5-3-8-19-11)16-14(17)13-6-4-9-20-13/h3-6,8-10H,2,7H2,1H3,(H,16,17)/b12-10+. The van der Waals surface area contributed by atoms with Crippen molar-refractivity contribution in [1.82, 2.24) is 5.32 Å². The van der Waals surface area contributed by atoms with Gasteiger partial charge in [-0.15, -0.1) is 0 Å². The predicted octanol–water partition coefficient (Wildman–Crippen LogP) is 2.60. The van der Waals surface area contributed by atoms with Crippen LogP contribution in [-0.2, 0) is 9.53 Å². The summed E-state index contributed by atoms with van der Waals surface area (Å²) in [5.41, 5.74) is -0.0141. The number of ether oxygens (including phenoxy) is 1.